The van der Waals surface area contributed by atoms with E-state index in [9.17, 15) is 30.3 Å². The maximum atomic E-state index is 11.7. The van der Waals surface area contributed by atoms with Gasteiger partial charge in [-0.05, 0) is 17.7 Å². The Morgan fingerprint density at radius 3 is 2.55 bits per heavy atom. The molecule has 1 spiro atoms. The van der Waals surface area contributed by atoms with Gasteiger partial charge in [0.15, 0.2) is 11.5 Å². The Balaban J connectivity index is 2.02. The summed E-state index contributed by atoms with van der Waals surface area (Å²) in [7, 11) is 0. The smallest absolute Gasteiger partial charge is 0.309 e. The summed E-state index contributed by atoms with van der Waals surface area (Å²) in [6.07, 6.45) is -4.62. The number of aliphatic hydroxyl groups is 3. The number of aliphatic hydroxyl groups excluding tert-OH is 3. The molecule has 2 saturated heterocycles. The van der Waals surface area contributed by atoms with Crippen molar-refractivity contribution in [1.82, 2.24) is 0 Å². The van der Waals surface area contributed by atoms with Gasteiger partial charge in [-0.2, -0.15) is 0 Å². The third kappa shape index (κ3) is 2.12. The Hall–Kier alpha value is -1.87. The number of phenols is 2. The minimum atomic E-state index is -1.83. The van der Waals surface area contributed by atoms with Crippen LogP contribution in [0.3, 0.4) is 0 Å². The standard InChI is InChI=1S/C14H16O8/c15-8-2-1-6(3-9(8)16)7-4-11(18)22-14(7)13(20)12(19)10(17)5-21-14/h1-3,7,10,12-13,15-17,19-20H,4-5H2. The van der Waals surface area contributed by atoms with Gasteiger partial charge >= 0.3 is 5.97 Å². The van der Waals surface area contributed by atoms with E-state index >= 15 is 0 Å². The van der Waals surface area contributed by atoms with E-state index in [4.69, 9.17) is 9.47 Å². The largest absolute Gasteiger partial charge is 0.504 e. The molecule has 0 aromatic heterocycles. The molecule has 0 saturated carbocycles. The molecular formula is C14H16O8. The highest BCUT2D eigenvalue weighted by Crippen LogP contribution is 2.47. The van der Waals surface area contributed by atoms with Crippen LogP contribution in [0.4, 0.5) is 0 Å². The lowest BCUT2D eigenvalue weighted by molar-refractivity contribution is -0.320. The fraction of sp³-hybridized carbons (Fsp3) is 0.500. The topological polar surface area (TPSA) is 137 Å². The highest BCUT2D eigenvalue weighted by atomic mass is 16.7. The number of benzene rings is 1. The molecule has 5 N–H and O–H groups in total. The summed E-state index contributed by atoms with van der Waals surface area (Å²) in [5.41, 5.74) is 0.392. The number of esters is 1. The van der Waals surface area contributed by atoms with E-state index in [0.29, 0.717) is 5.56 Å². The van der Waals surface area contributed by atoms with Gasteiger partial charge in [-0.3, -0.25) is 4.79 Å². The van der Waals surface area contributed by atoms with E-state index in [1.54, 1.807) is 0 Å². The minimum Gasteiger partial charge on any atom is -0.504 e. The number of aromatic hydroxyl groups is 2. The van der Waals surface area contributed by atoms with Gasteiger partial charge in [-0.1, -0.05) is 6.07 Å². The highest BCUT2D eigenvalue weighted by Gasteiger charge is 2.61. The average molecular weight is 312 g/mol. The van der Waals surface area contributed by atoms with Crippen molar-refractivity contribution in [1.29, 1.82) is 0 Å². The molecule has 2 fully saturated rings. The van der Waals surface area contributed by atoms with Crippen LogP contribution in [0.15, 0.2) is 18.2 Å². The van der Waals surface area contributed by atoms with E-state index in [0.717, 1.165) is 0 Å². The summed E-state index contributed by atoms with van der Waals surface area (Å²) >= 11 is 0. The number of hydrogen-bond acceptors (Lipinski definition) is 8. The van der Waals surface area contributed by atoms with Crippen LogP contribution in [-0.4, -0.2) is 62.2 Å². The molecule has 0 amide bonds. The first-order chi connectivity index (χ1) is 10.3. The lowest BCUT2D eigenvalue weighted by Gasteiger charge is -2.44. The first kappa shape index (κ1) is 15.0. The summed E-state index contributed by atoms with van der Waals surface area (Å²) in [6, 6.07) is 3.93. The molecule has 8 heteroatoms. The monoisotopic (exact) mass is 312 g/mol. The van der Waals surface area contributed by atoms with E-state index in [1.807, 2.05) is 0 Å². The molecule has 2 aliphatic heterocycles. The third-order valence-electron chi connectivity index (χ3n) is 4.14. The predicted molar refractivity (Wildman–Crippen MR) is 69.9 cm³/mol. The first-order valence-corrected chi connectivity index (χ1v) is 6.77. The van der Waals surface area contributed by atoms with Crippen molar-refractivity contribution in [3.8, 4) is 11.5 Å². The second-order valence-electron chi connectivity index (χ2n) is 5.51. The molecule has 1 aromatic carbocycles. The number of hydrogen-bond donors (Lipinski definition) is 5. The molecule has 2 aliphatic rings. The molecule has 3 rings (SSSR count). The number of carbonyl (C=O) groups excluding carboxylic acids is 1. The van der Waals surface area contributed by atoms with Crippen molar-refractivity contribution in [3.05, 3.63) is 23.8 Å². The SMILES string of the molecule is O=C1CC(c2ccc(O)c(O)c2)C2(OCC(O)C(O)C2O)O1. The summed E-state index contributed by atoms with van der Waals surface area (Å²) in [5.74, 6) is -4.00. The zero-order chi connectivity index (χ0) is 16.1. The van der Waals surface area contributed by atoms with E-state index in [1.165, 1.54) is 18.2 Å². The van der Waals surface area contributed by atoms with E-state index < -0.39 is 41.7 Å². The van der Waals surface area contributed by atoms with Crippen LogP contribution in [-0.2, 0) is 14.3 Å². The molecule has 120 valence electrons. The second kappa shape index (κ2) is 5.10. The van der Waals surface area contributed by atoms with Crippen molar-refractivity contribution in [2.75, 3.05) is 6.61 Å². The van der Waals surface area contributed by atoms with Crippen LogP contribution in [0.5, 0.6) is 11.5 Å². The maximum Gasteiger partial charge on any atom is 0.309 e. The van der Waals surface area contributed by atoms with Gasteiger partial charge < -0.3 is 35.0 Å². The molecule has 0 bridgehead atoms. The molecule has 22 heavy (non-hydrogen) atoms. The fourth-order valence-electron chi connectivity index (χ4n) is 2.95. The van der Waals surface area contributed by atoms with Gasteiger partial charge in [0, 0.05) is 0 Å². The molecule has 1 aromatic rings. The second-order valence-corrected chi connectivity index (χ2v) is 5.51. The highest BCUT2D eigenvalue weighted by molar-refractivity contribution is 5.74. The Kier molecular flexibility index (Phi) is 3.48. The summed E-state index contributed by atoms with van der Waals surface area (Å²) in [4.78, 5) is 11.7. The summed E-state index contributed by atoms with van der Waals surface area (Å²) < 4.78 is 10.5. The van der Waals surface area contributed by atoms with Crippen LogP contribution < -0.4 is 0 Å². The number of phenolic OH excluding ortho intramolecular Hbond substituents is 2. The van der Waals surface area contributed by atoms with Gasteiger partial charge in [0.2, 0.25) is 5.79 Å². The molecular weight excluding hydrogens is 296 g/mol. The number of ether oxygens (including phenoxy) is 2. The van der Waals surface area contributed by atoms with Crippen LogP contribution in [0.2, 0.25) is 0 Å². The molecule has 0 radical (unpaired) electrons. The number of rotatable bonds is 1. The lowest BCUT2D eigenvalue weighted by atomic mass is 9.82. The van der Waals surface area contributed by atoms with Gasteiger partial charge in [0.05, 0.1) is 18.9 Å². The number of carbonyl (C=O) groups is 1. The third-order valence-corrected chi connectivity index (χ3v) is 4.14. The van der Waals surface area contributed by atoms with Crippen molar-refractivity contribution >= 4 is 5.97 Å². The molecule has 5 atom stereocenters. The van der Waals surface area contributed by atoms with Gasteiger partial charge in [0.1, 0.15) is 18.3 Å². The van der Waals surface area contributed by atoms with Gasteiger partial charge in [-0.15, -0.1) is 0 Å². The minimum absolute atomic E-state index is 0.135. The van der Waals surface area contributed by atoms with Crippen molar-refractivity contribution in [3.63, 3.8) is 0 Å². The molecule has 0 aliphatic carbocycles. The van der Waals surface area contributed by atoms with Crippen molar-refractivity contribution in [2.45, 2.75) is 36.4 Å². The Labute approximate surface area is 125 Å². The van der Waals surface area contributed by atoms with Crippen LogP contribution in [0, 0.1) is 0 Å². The summed E-state index contributed by atoms with van der Waals surface area (Å²) in [6.45, 7) is -0.313. The zero-order valence-corrected chi connectivity index (χ0v) is 11.4. The lowest BCUT2D eigenvalue weighted by Crippen LogP contribution is -2.62. The zero-order valence-electron chi connectivity index (χ0n) is 11.4. The van der Waals surface area contributed by atoms with Gasteiger partial charge in [0.25, 0.3) is 0 Å². The quantitative estimate of drug-likeness (QED) is 0.327. The van der Waals surface area contributed by atoms with Crippen LogP contribution in [0.25, 0.3) is 0 Å². The first-order valence-electron chi connectivity index (χ1n) is 6.77. The molecule has 8 nitrogen and oxygen atoms in total. The van der Waals surface area contributed by atoms with Gasteiger partial charge in [-0.25, -0.2) is 0 Å². The van der Waals surface area contributed by atoms with Crippen LogP contribution >= 0.6 is 0 Å². The van der Waals surface area contributed by atoms with E-state index in [-0.39, 0.29) is 18.8 Å². The fourth-order valence-corrected chi connectivity index (χ4v) is 2.95. The molecule has 2 heterocycles. The van der Waals surface area contributed by atoms with Crippen LogP contribution in [0.1, 0.15) is 17.9 Å². The molecule has 5 unspecified atom stereocenters. The maximum absolute atomic E-state index is 11.7. The Morgan fingerprint density at radius 2 is 1.86 bits per heavy atom. The van der Waals surface area contributed by atoms with Crippen molar-refractivity contribution in [2.24, 2.45) is 0 Å². The van der Waals surface area contributed by atoms with Crippen molar-refractivity contribution < 1.29 is 39.8 Å². The summed E-state index contributed by atoms with van der Waals surface area (Å²) in [5, 5.41) is 48.6. The van der Waals surface area contributed by atoms with E-state index in [2.05, 4.69) is 0 Å². The normalized spacial score (nSPS) is 38.2. The average Bonchev–Trinajstić information content (AvgIpc) is 2.82. The Bertz CT molecular complexity index is 603. The predicted octanol–water partition coefficient (Wildman–Crippen LogP) is -1.06. The Morgan fingerprint density at radius 1 is 1.14 bits per heavy atom.